The number of rotatable bonds is 10. The van der Waals surface area contributed by atoms with Crippen molar-refractivity contribution in [2.45, 2.75) is 55.3 Å². The Bertz CT molecular complexity index is 1400. The van der Waals surface area contributed by atoms with Crippen LogP contribution < -0.4 is 20.7 Å². The first-order chi connectivity index (χ1) is 21.6. The van der Waals surface area contributed by atoms with Crippen molar-refractivity contribution in [2.24, 2.45) is 5.92 Å². The Balaban J connectivity index is 1.49. The van der Waals surface area contributed by atoms with Gasteiger partial charge >= 0.3 is 12.2 Å². The van der Waals surface area contributed by atoms with E-state index in [1.165, 1.54) is 0 Å². The van der Waals surface area contributed by atoms with Gasteiger partial charge < -0.3 is 35.8 Å². The number of carbonyl (C=O) groups is 1. The summed E-state index contributed by atoms with van der Waals surface area (Å²) in [6, 6.07) is 10.7. The van der Waals surface area contributed by atoms with E-state index >= 15 is 0 Å². The van der Waals surface area contributed by atoms with Crippen molar-refractivity contribution >= 4 is 35.2 Å². The maximum atomic E-state index is 13.6. The van der Waals surface area contributed by atoms with Crippen LogP contribution in [0.2, 0.25) is 0 Å². The summed E-state index contributed by atoms with van der Waals surface area (Å²) in [5.41, 5.74) is 3.14. The number of fused-ring (bicyclic) bond motifs is 1. The number of thioether (sulfide) groups is 1. The molecular formula is C33H41F3N4O4S. The lowest BCUT2D eigenvalue weighted by Gasteiger charge is -2.33. The summed E-state index contributed by atoms with van der Waals surface area (Å²) < 4.78 is 46.3. The van der Waals surface area contributed by atoms with E-state index in [1.807, 2.05) is 35.4 Å². The fourth-order valence-electron chi connectivity index (χ4n) is 5.69. The van der Waals surface area contributed by atoms with Crippen molar-refractivity contribution in [1.29, 1.82) is 0 Å². The van der Waals surface area contributed by atoms with Crippen LogP contribution in [0.5, 0.6) is 5.75 Å². The molecular weight excluding hydrogens is 605 g/mol. The van der Waals surface area contributed by atoms with E-state index in [4.69, 9.17) is 9.84 Å². The number of halogens is 3. The number of hydrogen-bond donors (Lipinski definition) is 5. The van der Waals surface area contributed by atoms with Crippen molar-refractivity contribution in [3.63, 3.8) is 0 Å². The highest BCUT2D eigenvalue weighted by Gasteiger charge is 2.34. The molecule has 2 atom stereocenters. The molecule has 1 saturated heterocycles. The molecule has 0 bridgehead atoms. The van der Waals surface area contributed by atoms with Gasteiger partial charge in [0.05, 0.1) is 38.5 Å². The lowest BCUT2D eigenvalue weighted by atomic mass is 9.91. The molecule has 8 nitrogen and oxygen atoms in total. The third kappa shape index (κ3) is 10.3. The monoisotopic (exact) mass is 646 g/mol. The maximum Gasteiger partial charge on any atom is 0.389 e. The number of ether oxygens (including phenoxy) is 1. The highest BCUT2D eigenvalue weighted by atomic mass is 32.2. The number of amides is 2. The summed E-state index contributed by atoms with van der Waals surface area (Å²) >= 11 is 1.59. The molecule has 2 amide bonds. The predicted molar refractivity (Wildman–Crippen MR) is 173 cm³/mol. The van der Waals surface area contributed by atoms with E-state index in [2.05, 4.69) is 27.8 Å². The van der Waals surface area contributed by atoms with Crippen LogP contribution in [0.15, 0.2) is 46.9 Å². The van der Waals surface area contributed by atoms with E-state index in [-0.39, 0.29) is 31.6 Å². The number of nitrogens with zero attached hydrogens (tertiary/aromatic N) is 1. The molecule has 4 rings (SSSR count). The molecule has 0 spiro atoms. The van der Waals surface area contributed by atoms with Crippen molar-refractivity contribution < 1.29 is 32.9 Å². The molecule has 5 N–H and O–H groups in total. The summed E-state index contributed by atoms with van der Waals surface area (Å²) in [6.45, 7) is 1.66. The topological polar surface area (TPSA) is 106 Å². The predicted octanol–water partition coefficient (Wildman–Crippen LogP) is 5.37. The Labute approximate surface area is 266 Å². The first kappa shape index (κ1) is 34.5. The van der Waals surface area contributed by atoms with Gasteiger partial charge in [-0.1, -0.05) is 24.0 Å². The van der Waals surface area contributed by atoms with Crippen LogP contribution in [0.1, 0.15) is 36.8 Å². The summed E-state index contributed by atoms with van der Waals surface area (Å²) in [6.07, 6.45) is -0.362. The highest BCUT2D eigenvalue weighted by molar-refractivity contribution is 7.98. The van der Waals surface area contributed by atoms with Crippen LogP contribution in [0.25, 0.3) is 6.08 Å². The zero-order valence-corrected chi connectivity index (χ0v) is 26.4. The van der Waals surface area contributed by atoms with Crippen molar-refractivity contribution in [1.82, 2.24) is 10.2 Å². The van der Waals surface area contributed by atoms with E-state index in [9.17, 15) is 23.1 Å². The van der Waals surface area contributed by atoms with E-state index in [0.29, 0.717) is 61.5 Å². The number of nitrogens with one attached hydrogen (secondary N) is 3. The minimum atomic E-state index is -4.35. The van der Waals surface area contributed by atoms with E-state index in [1.54, 1.807) is 37.1 Å². The number of aryl methyl sites for hydroxylation is 1. The van der Waals surface area contributed by atoms with Crippen LogP contribution in [0.3, 0.4) is 0 Å². The number of likely N-dealkylation sites (tertiary alicyclic amines) is 1. The van der Waals surface area contributed by atoms with Crippen molar-refractivity contribution in [3.8, 4) is 17.6 Å². The van der Waals surface area contributed by atoms with E-state index < -0.39 is 24.6 Å². The van der Waals surface area contributed by atoms with Gasteiger partial charge in [0, 0.05) is 53.3 Å². The first-order valence-electron chi connectivity index (χ1n) is 15.0. The molecule has 45 heavy (non-hydrogen) atoms. The largest absolute Gasteiger partial charge is 0.495 e. The number of methoxy groups -OCH3 is 1. The Kier molecular flexibility index (Phi) is 12.5. The maximum absolute atomic E-state index is 13.6. The number of aliphatic hydroxyl groups excluding tert-OH is 2. The Hall–Kier alpha value is -3.37. The van der Waals surface area contributed by atoms with Gasteiger partial charge in [0.2, 0.25) is 0 Å². The number of piperidine rings is 1. The fraction of sp³-hybridized carbons (Fsp3) is 0.485. The van der Waals surface area contributed by atoms with Crippen LogP contribution in [0.4, 0.5) is 29.3 Å². The van der Waals surface area contributed by atoms with Gasteiger partial charge in [-0.2, -0.15) is 13.2 Å². The number of alkyl halides is 3. The summed E-state index contributed by atoms with van der Waals surface area (Å²) in [5, 5.41) is 27.9. The normalized spacial score (nSPS) is 18.0. The quantitative estimate of drug-likeness (QED) is 0.175. The molecule has 0 aromatic heterocycles. The zero-order valence-electron chi connectivity index (χ0n) is 25.5. The lowest BCUT2D eigenvalue weighted by Crippen LogP contribution is -2.47. The minimum Gasteiger partial charge on any atom is -0.495 e. The van der Waals surface area contributed by atoms with Gasteiger partial charge in [-0.15, -0.1) is 11.8 Å². The Morgan fingerprint density at radius 3 is 2.64 bits per heavy atom. The molecule has 1 aliphatic carbocycles. The van der Waals surface area contributed by atoms with Crippen molar-refractivity contribution in [2.75, 3.05) is 56.8 Å². The number of benzene rings is 2. The van der Waals surface area contributed by atoms with Crippen molar-refractivity contribution in [3.05, 3.63) is 53.1 Å². The highest BCUT2D eigenvalue weighted by Crippen LogP contribution is 2.37. The number of β-amino-alcohol motifs (C(OH)–C–C–N with tert-alkyl or cyclic N) is 1. The second-order valence-corrected chi connectivity index (χ2v) is 12.1. The molecule has 12 heteroatoms. The molecule has 1 aliphatic heterocycles. The molecule has 244 valence electrons. The van der Waals surface area contributed by atoms with Gasteiger partial charge in [-0.25, -0.2) is 4.79 Å². The number of carbonyl (C=O) groups excluding carboxylic acids is 1. The Morgan fingerprint density at radius 1 is 1.18 bits per heavy atom. The lowest BCUT2D eigenvalue weighted by molar-refractivity contribution is -0.141. The number of anilines is 2. The molecule has 1 fully saturated rings. The average molecular weight is 647 g/mol. The molecule has 1 unspecified atom stereocenters. The van der Waals surface area contributed by atoms with Crippen LogP contribution in [0, 0.1) is 17.8 Å². The molecule has 2 aromatic rings. The average Bonchev–Trinajstić information content (AvgIpc) is 3.18. The second kappa shape index (κ2) is 16.3. The van der Waals surface area contributed by atoms with Gasteiger partial charge in [-0.3, -0.25) is 0 Å². The van der Waals surface area contributed by atoms with Crippen LogP contribution in [-0.4, -0.2) is 85.6 Å². The number of urea groups is 1. The third-order valence-electron chi connectivity index (χ3n) is 8.04. The number of aliphatic hydroxyl groups is 2. The minimum absolute atomic E-state index is 0.0639. The second-order valence-electron chi connectivity index (χ2n) is 11.3. The van der Waals surface area contributed by atoms with Gasteiger partial charge in [0.15, 0.2) is 0 Å². The summed E-state index contributed by atoms with van der Waals surface area (Å²) in [7, 11) is 1.58. The number of hydrogen-bond acceptors (Lipinski definition) is 7. The standard InChI is InChI=1S/C33H41F3N4O4S/c1-44-31-18-27(45-2)10-11-30(31)37-14-4-6-23-17-28-22(8-9-24(23)19-33(34,35)36)5-3-7-29(28)39-32(43)38-25-12-15-40(16-13-25)20-26(42)21-41/h3,5,7,10-11,17-18,24-26,37,41-42H,8-9,12-16,19-21H2,1-2H3,(H2,38,39,43)/t24-,26?/m0/s1. The molecule has 0 radical (unpaired) electrons. The third-order valence-corrected chi connectivity index (χ3v) is 8.76. The molecule has 2 aromatic carbocycles. The van der Waals surface area contributed by atoms with Gasteiger partial charge in [0.25, 0.3) is 0 Å². The van der Waals surface area contributed by atoms with Gasteiger partial charge in [0.1, 0.15) is 5.75 Å². The fourth-order valence-corrected chi connectivity index (χ4v) is 6.12. The zero-order chi connectivity index (χ0) is 32.4. The number of allylic oxidation sites excluding steroid dienone is 1. The molecule has 2 aliphatic rings. The Morgan fingerprint density at radius 2 is 1.96 bits per heavy atom. The van der Waals surface area contributed by atoms with Gasteiger partial charge in [-0.05, 0) is 67.8 Å². The first-order valence-corrected chi connectivity index (χ1v) is 16.2. The molecule has 0 saturated carbocycles. The smallest absolute Gasteiger partial charge is 0.389 e. The van der Waals surface area contributed by atoms with E-state index in [0.717, 1.165) is 16.1 Å². The van der Waals surface area contributed by atoms with Crippen LogP contribution >= 0.6 is 11.8 Å². The summed E-state index contributed by atoms with van der Waals surface area (Å²) in [4.78, 5) is 16.1. The van der Waals surface area contributed by atoms with Crippen LogP contribution in [-0.2, 0) is 6.42 Å². The molecule has 1 heterocycles. The SMILES string of the molecule is COc1cc(SC)ccc1NCC#CC1=Cc2c(cccc2NC(=O)NC2CCN(CC(O)CO)CC2)CC[C@H]1CC(F)(F)F. The summed E-state index contributed by atoms with van der Waals surface area (Å²) in [5.74, 6) is 5.86.